The number of benzene rings is 1. The van der Waals surface area contributed by atoms with Crippen LogP contribution in [0, 0.1) is 5.92 Å². The number of fused-ring (bicyclic) bond motifs is 1. The molecule has 0 spiro atoms. The number of aliphatic hydroxyl groups excluding tert-OH is 1. The standard InChI is InChI=1S/C15H20N2O2/c1-10(2)14(18)9-17-15-13-8-12(19-3)5-4-11(13)6-7-16-15/h4-8,10,14,18H,9H2,1-3H3,(H,16,17). The van der Waals surface area contributed by atoms with Crippen LogP contribution in [0.2, 0.25) is 0 Å². The van der Waals surface area contributed by atoms with Crippen molar-refractivity contribution in [2.24, 2.45) is 5.92 Å². The summed E-state index contributed by atoms with van der Waals surface area (Å²) in [6.07, 6.45) is 1.38. The minimum Gasteiger partial charge on any atom is -0.497 e. The van der Waals surface area contributed by atoms with Crippen LogP contribution in [-0.4, -0.2) is 29.8 Å². The fourth-order valence-corrected chi connectivity index (χ4v) is 1.85. The Bertz CT molecular complexity index is 555. The molecule has 0 saturated carbocycles. The molecule has 1 aromatic carbocycles. The highest BCUT2D eigenvalue weighted by Gasteiger charge is 2.10. The van der Waals surface area contributed by atoms with E-state index >= 15 is 0 Å². The second-order valence-corrected chi connectivity index (χ2v) is 4.94. The second-order valence-electron chi connectivity index (χ2n) is 4.94. The molecule has 0 aliphatic heterocycles. The number of rotatable bonds is 5. The van der Waals surface area contributed by atoms with E-state index in [1.54, 1.807) is 13.3 Å². The predicted octanol–water partition coefficient (Wildman–Crippen LogP) is 2.67. The second kappa shape index (κ2) is 5.89. The monoisotopic (exact) mass is 260 g/mol. The molecular weight excluding hydrogens is 240 g/mol. The summed E-state index contributed by atoms with van der Waals surface area (Å²) in [4.78, 5) is 4.34. The molecule has 1 unspecified atom stereocenters. The van der Waals surface area contributed by atoms with E-state index in [0.29, 0.717) is 6.54 Å². The van der Waals surface area contributed by atoms with Gasteiger partial charge in [0.15, 0.2) is 0 Å². The third-order valence-electron chi connectivity index (χ3n) is 3.22. The minimum atomic E-state index is -0.386. The van der Waals surface area contributed by atoms with Gasteiger partial charge in [-0.1, -0.05) is 19.9 Å². The fraction of sp³-hybridized carbons (Fsp3) is 0.400. The molecular formula is C15H20N2O2. The van der Waals surface area contributed by atoms with Crippen molar-refractivity contribution in [1.29, 1.82) is 0 Å². The maximum Gasteiger partial charge on any atom is 0.134 e. The third-order valence-corrected chi connectivity index (χ3v) is 3.22. The van der Waals surface area contributed by atoms with Crippen molar-refractivity contribution in [2.45, 2.75) is 20.0 Å². The summed E-state index contributed by atoms with van der Waals surface area (Å²) in [5.74, 6) is 1.79. The van der Waals surface area contributed by atoms with Gasteiger partial charge in [0.1, 0.15) is 11.6 Å². The molecule has 0 bridgehead atoms. The molecule has 1 aromatic heterocycles. The van der Waals surface area contributed by atoms with E-state index in [0.717, 1.165) is 22.3 Å². The maximum absolute atomic E-state index is 9.85. The summed E-state index contributed by atoms with van der Waals surface area (Å²) >= 11 is 0. The number of aromatic nitrogens is 1. The molecule has 2 N–H and O–H groups in total. The van der Waals surface area contributed by atoms with Crippen LogP contribution in [0.4, 0.5) is 5.82 Å². The van der Waals surface area contributed by atoms with Crippen LogP contribution in [0.15, 0.2) is 30.5 Å². The number of aliphatic hydroxyl groups is 1. The Morgan fingerprint density at radius 2 is 2.11 bits per heavy atom. The van der Waals surface area contributed by atoms with Gasteiger partial charge < -0.3 is 15.2 Å². The fourth-order valence-electron chi connectivity index (χ4n) is 1.85. The maximum atomic E-state index is 9.85. The van der Waals surface area contributed by atoms with Gasteiger partial charge in [-0.15, -0.1) is 0 Å². The molecule has 2 rings (SSSR count). The van der Waals surface area contributed by atoms with Gasteiger partial charge in [-0.2, -0.15) is 0 Å². The lowest BCUT2D eigenvalue weighted by Crippen LogP contribution is -2.25. The van der Waals surface area contributed by atoms with Crippen molar-refractivity contribution in [2.75, 3.05) is 19.0 Å². The summed E-state index contributed by atoms with van der Waals surface area (Å²) < 4.78 is 5.24. The molecule has 0 saturated heterocycles. The van der Waals surface area contributed by atoms with Crippen LogP contribution in [0.3, 0.4) is 0 Å². The SMILES string of the molecule is COc1ccc2ccnc(NCC(O)C(C)C)c2c1. The number of ether oxygens (including phenoxy) is 1. The molecule has 19 heavy (non-hydrogen) atoms. The number of hydrogen-bond donors (Lipinski definition) is 2. The van der Waals surface area contributed by atoms with Crippen molar-refractivity contribution in [1.82, 2.24) is 4.98 Å². The Morgan fingerprint density at radius 3 is 2.79 bits per heavy atom. The van der Waals surface area contributed by atoms with E-state index in [4.69, 9.17) is 4.74 Å². The first kappa shape index (κ1) is 13.6. The lowest BCUT2D eigenvalue weighted by atomic mass is 10.1. The zero-order valence-electron chi connectivity index (χ0n) is 11.6. The molecule has 2 aromatic rings. The Hall–Kier alpha value is -1.81. The molecule has 0 amide bonds. The van der Waals surface area contributed by atoms with Crippen molar-refractivity contribution < 1.29 is 9.84 Å². The van der Waals surface area contributed by atoms with Gasteiger partial charge in [0.05, 0.1) is 13.2 Å². The van der Waals surface area contributed by atoms with Crippen LogP contribution in [0.5, 0.6) is 5.75 Å². The van der Waals surface area contributed by atoms with Crippen LogP contribution in [-0.2, 0) is 0 Å². The predicted molar refractivity (Wildman–Crippen MR) is 77.6 cm³/mol. The Balaban J connectivity index is 2.27. The van der Waals surface area contributed by atoms with Crippen LogP contribution >= 0.6 is 0 Å². The average Bonchev–Trinajstić information content (AvgIpc) is 2.43. The van der Waals surface area contributed by atoms with Crippen LogP contribution < -0.4 is 10.1 Å². The zero-order chi connectivity index (χ0) is 13.8. The molecule has 0 radical (unpaired) electrons. The van der Waals surface area contributed by atoms with Gasteiger partial charge in [-0.05, 0) is 29.5 Å². The summed E-state index contributed by atoms with van der Waals surface area (Å²) in [5, 5.41) is 15.1. The Kier molecular flexibility index (Phi) is 4.22. The highest BCUT2D eigenvalue weighted by molar-refractivity contribution is 5.92. The molecule has 0 aliphatic carbocycles. The average molecular weight is 260 g/mol. The van der Waals surface area contributed by atoms with E-state index in [9.17, 15) is 5.11 Å². The number of hydrogen-bond acceptors (Lipinski definition) is 4. The van der Waals surface area contributed by atoms with Gasteiger partial charge in [0.2, 0.25) is 0 Å². The normalized spacial score (nSPS) is 12.7. The molecule has 4 nitrogen and oxygen atoms in total. The number of methoxy groups -OCH3 is 1. The van der Waals surface area contributed by atoms with Crippen LogP contribution in [0.25, 0.3) is 10.8 Å². The minimum absolute atomic E-state index is 0.219. The molecule has 0 fully saturated rings. The Labute approximate surface area is 113 Å². The van der Waals surface area contributed by atoms with E-state index in [1.807, 2.05) is 38.1 Å². The summed E-state index contributed by atoms with van der Waals surface area (Å²) in [6.45, 7) is 4.47. The lowest BCUT2D eigenvalue weighted by molar-refractivity contribution is 0.138. The Morgan fingerprint density at radius 1 is 1.32 bits per heavy atom. The highest BCUT2D eigenvalue weighted by Crippen LogP contribution is 2.25. The van der Waals surface area contributed by atoms with E-state index in [2.05, 4.69) is 10.3 Å². The van der Waals surface area contributed by atoms with Gasteiger partial charge in [0.25, 0.3) is 0 Å². The summed E-state index contributed by atoms with van der Waals surface area (Å²) in [7, 11) is 1.65. The van der Waals surface area contributed by atoms with Crippen molar-refractivity contribution >= 4 is 16.6 Å². The third kappa shape index (κ3) is 3.15. The molecule has 4 heteroatoms. The van der Waals surface area contributed by atoms with Crippen molar-refractivity contribution in [3.8, 4) is 5.75 Å². The number of nitrogens with one attached hydrogen (secondary N) is 1. The van der Waals surface area contributed by atoms with Crippen molar-refractivity contribution in [3.05, 3.63) is 30.5 Å². The topological polar surface area (TPSA) is 54.4 Å². The summed E-state index contributed by atoms with van der Waals surface area (Å²) in [5.41, 5.74) is 0. The van der Waals surface area contributed by atoms with E-state index in [-0.39, 0.29) is 12.0 Å². The lowest BCUT2D eigenvalue weighted by Gasteiger charge is -2.16. The molecule has 0 aliphatic rings. The molecule has 1 atom stereocenters. The highest BCUT2D eigenvalue weighted by atomic mass is 16.5. The number of anilines is 1. The first-order valence-electron chi connectivity index (χ1n) is 6.46. The quantitative estimate of drug-likeness (QED) is 0.868. The number of pyridine rings is 1. The first-order valence-corrected chi connectivity index (χ1v) is 6.46. The van der Waals surface area contributed by atoms with E-state index in [1.165, 1.54) is 0 Å². The van der Waals surface area contributed by atoms with E-state index < -0.39 is 0 Å². The van der Waals surface area contributed by atoms with Gasteiger partial charge in [-0.3, -0.25) is 0 Å². The smallest absolute Gasteiger partial charge is 0.134 e. The van der Waals surface area contributed by atoms with Gasteiger partial charge in [0, 0.05) is 18.1 Å². The number of nitrogens with zero attached hydrogens (tertiary/aromatic N) is 1. The first-order chi connectivity index (χ1) is 9.11. The molecule has 102 valence electrons. The van der Waals surface area contributed by atoms with Crippen molar-refractivity contribution in [3.63, 3.8) is 0 Å². The van der Waals surface area contributed by atoms with Gasteiger partial charge >= 0.3 is 0 Å². The summed E-state index contributed by atoms with van der Waals surface area (Å²) in [6, 6.07) is 7.83. The van der Waals surface area contributed by atoms with Gasteiger partial charge in [-0.25, -0.2) is 4.98 Å². The molecule has 1 heterocycles. The largest absolute Gasteiger partial charge is 0.497 e. The zero-order valence-corrected chi connectivity index (χ0v) is 11.6. The van der Waals surface area contributed by atoms with Crippen LogP contribution in [0.1, 0.15) is 13.8 Å².